The fraction of sp³-hybridized carbons (Fsp3) is 0.235. The average Bonchev–Trinajstić information content (AvgIpc) is 2.43. The molecule has 3 heteroatoms. The summed E-state index contributed by atoms with van der Waals surface area (Å²) in [4.78, 5) is 13.9. The second kappa shape index (κ2) is 5.78. The lowest BCUT2D eigenvalue weighted by Crippen LogP contribution is -2.24. The highest BCUT2D eigenvalue weighted by Crippen LogP contribution is 2.33. The van der Waals surface area contributed by atoms with Gasteiger partial charge < -0.3 is 4.74 Å². The molecule has 0 aliphatic heterocycles. The number of ether oxygens (including phenoxy) is 1. The fourth-order valence-corrected chi connectivity index (χ4v) is 2.24. The predicted molar refractivity (Wildman–Crippen MR) is 81.7 cm³/mol. The van der Waals surface area contributed by atoms with Crippen LogP contribution in [0, 0.1) is 13.8 Å². The number of rotatable bonds is 3. The molecule has 0 fully saturated rings. The molecule has 0 atom stereocenters. The van der Waals surface area contributed by atoms with Crippen molar-refractivity contribution >= 4 is 17.3 Å². The monoisotopic (exact) mass is 269 g/mol. The minimum atomic E-state index is -0.0179. The maximum Gasteiger partial charge on any atom is 0.228 e. The van der Waals surface area contributed by atoms with Crippen molar-refractivity contribution in [1.29, 1.82) is 0 Å². The van der Waals surface area contributed by atoms with Crippen LogP contribution in [-0.2, 0) is 4.79 Å². The number of para-hydroxylation sites is 1. The molecule has 0 bridgehead atoms. The Morgan fingerprint density at radius 2 is 1.65 bits per heavy atom. The summed E-state index contributed by atoms with van der Waals surface area (Å²) in [5.74, 6) is 0.723. The van der Waals surface area contributed by atoms with Crippen LogP contribution in [0.1, 0.15) is 18.1 Å². The zero-order valence-corrected chi connectivity index (χ0v) is 12.3. The van der Waals surface area contributed by atoms with Gasteiger partial charge in [0.15, 0.2) is 0 Å². The van der Waals surface area contributed by atoms with Gasteiger partial charge in [-0.15, -0.1) is 0 Å². The quantitative estimate of drug-likeness (QED) is 0.843. The van der Waals surface area contributed by atoms with E-state index in [0.717, 1.165) is 28.3 Å². The van der Waals surface area contributed by atoms with Crippen LogP contribution in [0.3, 0.4) is 0 Å². The van der Waals surface area contributed by atoms with E-state index in [1.54, 1.807) is 18.9 Å². The molecule has 0 radical (unpaired) electrons. The zero-order valence-electron chi connectivity index (χ0n) is 12.3. The minimum Gasteiger partial charge on any atom is -0.497 e. The average molecular weight is 269 g/mol. The summed E-state index contributed by atoms with van der Waals surface area (Å²) in [5.41, 5.74) is 3.84. The van der Waals surface area contributed by atoms with E-state index in [1.807, 2.05) is 56.3 Å². The highest BCUT2D eigenvalue weighted by Gasteiger charge is 2.18. The third-order valence-electron chi connectivity index (χ3n) is 3.33. The first-order chi connectivity index (χ1) is 9.54. The Hall–Kier alpha value is -2.29. The highest BCUT2D eigenvalue weighted by molar-refractivity contribution is 6.00. The van der Waals surface area contributed by atoms with Gasteiger partial charge in [-0.05, 0) is 37.1 Å². The minimum absolute atomic E-state index is 0.0179. The third kappa shape index (κ3) is 2.67. The van der Waals surface area contributed by atoms with Gasteiger partial charge in [-0.25, -0.2) is 0 Å². The van der Waals surface area contributed by atoms with Crippen molar-refractivity contribution in [3.8, 4) is 5.75 Å². The van der Waals surface area contributed by atoms with Gasteiger partial charge in [-0.2, -0.15) is 0 Å². The van der Waals surface area contributed by atoms with Crippen molar-refractivity contribution in [2.75, 3.05) is 12.0 Å². The molecular formula is C17H19NO2. The van der Waals surface area contributed by atoms with E-state index in [9.17, 15) is 4.79 Å². The summed E-state index contributed by atoms with van der Waals surface area (Å²) in [6.45, 7) is 5.56. The normalized spacial score (nSPS) is 10.2. The molecular weight excluding hydrogens is 250 g/mol. The molecule has 20 heavy (non-hydrogen) atoms. The van der Waals surface area contributed by atoms with E-state index in [0.29, 0.717) is 0 Å². The van der Waals surface area contributed by atoms with Crippen molar-refractivity contribution in [3.63, 3.8) is 0 Å². The molecule has 2 aromatic carbocycles. The number of hydrogen-bond acceptors (Lipinski definition) is 2. The van der Waals surface area contributed by atoms with Crippen LogP contribution >= 0.6 is 0 Å². The second-order valence-corrected chi connectivity index (χ2v) is 4.79. The van der Waals surface area contributed by atoms with Gasteiger partial charge in [0.25, 0.3) is 0 Å². The summed E-state index contributed by atoms with van der Waals surface area (Å²) in [7, 11) is 1.63. The summed E-state index contributed by atoms with van der Waals surface area (Å²) >= 11 is 0. The summed E-state index contributed by atoms with van der Waals surface area (Å²) < 4.78 is 5.27. The molecule has 2 aromatic rings. The Balaban J connectivity index is 2.61. The van der Waals surface area contributed by atoms with Crippen LogP contribution in [0.15, 0.2) is 42.5 Å². The van der Waals surface area contributed by atoms with Crippen LogP contribution in [0.25, 0.3) is 0 Å². The van der Waals surface area contributed by atoms with Gasteiger partial charge in [-0.3, -0.25) is 9.69 Å². The first kappa shape index (κ1) is 14.1. The van der Waals surface area contributed by atoms with Crippen molar-refractivity contribution in [3.05, 3.63) is 53.6 Å². The Morgan fingerprint density at radius 1 is 1.00 bits per heavy atom. The SMILES string of the molecule is COc1ccc(C)c(N(C(C)=O)c2ccccc2C)c1. The van der Waals surface area contributed by atoms with Crippen molar-refractivity contribution in [1.82, 2.24) is 0 Å². The summed E-state index contributed by atoms with van der Waals surface area (Å²) in [6, 6.07) is 13.6. The lowest BCUT2D eigenvalue weighted by Gasteiger charge is -2.25. The van der Waals surface area contributed by atoms with E-state index < -0.39 is 0 Å². The molecule has 1 amide bonds. The summed E-state index contributed by atoms with van der Waals surface area (Å²) in [5, 5.41) is 0. The van der Waals surface area contributed by atoms with E-state index in [4.69, 9.17) is 4.74 Å². The molecule has 0 N–H and O–H groups in total. The standard InChI is InChI=1S/C17H19NO2/c1-12-7-5-6-8-16(12)18(14(3)19)17-11-15(20-4)10-9-13(17)2/h5-11H,1-4H3. The second-order valence-electron chi connectivity index (χ2n) is 4.79. The molecule has 2 rings (SSSR count). The topological polar surface area (TPSA) is 29.5 Å². The van der Waals surface area contributed by atoms with Crippen LogP contribution in [0.4, 0.5) is 11.4 Å². The van der Waals surface area contributed by atoms with Gasteiger partial charge in [0.05, 0.1) is 18.5 Å². The number of aryl methyl sites for hydroxylation is 2. The molecule has 0 aliphatic rings. The van der Waals surface area contributed by atoms with E-state index in [2.05, 4.69) is 0 Å². The number of carbonyl (C=O) groups is 1. The maximum atomic E-state index is 12.1. The Labute approximate surface area is 119 Å². The molecule has 0 aliphatic carbocycles. The van der Waals surface area contributed by atoms with Crippen molar-refractivity contribution < 1.29 is 9.53 Å². The van der Waals surface area contributed by atoms with Gasteiger partial charge in [-0.1, -0.05) is 24.3 Å². The van der Waals surface area contributed by atoms with Crippen LogP contribution < -0.4 is 9.64 Å². The Kier molecular flexibility index (Phi) is 4.08. The number of hydrogen-bond donors (Lipinski definition) is 0. The molecule has 0 unspecified atom stereocenters. The molecule has 3 nitrogen and oxygen atoms in total. The number of anilines is 2. The molecule has 104 valence electrons. The lowest BCUT2D eigenvalue weighted by molar-refractivity contribution is -0.115. The smallest absolute Gasteiger partial charge is 0.228 e. The van der Waals surface area contributed by atoms with Crippen LogP contribution in [-0.4, -0.2) is 13.0 Å². The van der Waals surface area contributed by atoms with Crippen molar-refractivity contribution in [2.24, 2.45) is 0 Å². The predicted octanol–water partition coefficient (Wildman–Crippen LogP) is 4.00. The largest absolute Gasteiger partial charge is 0.497 e. The van der Waals surface area contributed by atoms with Gasteiger partial charge in [0.1, 0.15) is 5.75 Å². The number of amides is 1. The number of methoxy groups -OCH3 is 1. The first-order valence-electron chi connectivity index (χ1n) is 6.55. The van der Waals surface area contributed by atoms with Crippen LogP contribution in [0.5, 0.6) is 5.75 Å². The first-order valence-corrected chi connectivity index (χ1v) is 6.55. The third-order valence-corrected chi connectivity index (χ3v) is 3.33. The highest BCUT2D eigenvalue weighted by atomic mass is 16.5. The summed E-state index contributed by atoms with van der Waals surface area (Å²) in [6.07, 6.45) is 0. The Morgan fingerprint density at radius 3 is 2.25 bits per heavy atom. The van der Waals surface area contributed by atoms with Gasteiger partial charge in [0.2, 0.25) is 5.91 Å². The number of benzene rings is 2. The van der Waals surface area contributed by atoms with Crippen molar-refractivity contribution in [2.45, 2.75) is 20.8 Å². The molecule has 0 heterocycles. The molecule has 0 saturated carbocycles. The Bertz CT molecular complexity index is 635. The molecule has 0 spiro atoms. The van der Waals surface area contributed by atoms with E-state index in [-0.39, 0.29) is 5.91 Å². The van der Waals surface area contributed by atoms with E-state index in [1.165, 1.54) is 0 Å². The van der Waals surface area contributed by atoms with Gasteiger partial charge in [0, 0.05) is 13.0 Å². The van der Waals surface area contributed by atoms with Gasteiger partial charge >= 0.3 is 0 Å². The maximum absolute atomic E-state index is 12.1. The number of carbonyl (C=O) groups excluding carboxylic acids is 1. The molecule has 0 saturated heterocycles. The fourth-order valence-electron chi connectivity index (χ4n) is 2.24. The lowest BCUT2D eigenvalue weighted by atomic mass is 10.1. The number of nitrogens with zero attached hydrogens (tertiary/aromatic N) is 1. The van der Waals surface area contributed by atoms with E-state index >= 15 is 0 Å². The zero-order chi connectivity index (χ0) is 14.7. The van der Waals surface area contributed by atoms with Crippen LogP contribution in [0.2, 0.25) is 0 Å². The molecule has 0 aromatic heterocycles.